The molecule has 0 amide bonds. The van der Waals surface area contributed by atoms with E-state index in [0.29, 0.717) is 4.60 Å². The quantitative estimate of drug-likeness (QED) is 0.488. The van der Waals surface area contributed by atoms with Crippen molar-refractivity contribution >= 4 is 38.0 Å². The highest BCUT2D eigenvalue weighted by Crippen LogP contribution is 2.16. The fourth-order valence-electron chi connectivity index (χ4n) is 0.512. The molecule has 5 nitrogen and oxygen atoms in total. The summed E-state index contributed by atoms with van der Waals surface area (Å²) in [5, 5.41) is 8.24. The zero-order chi connectivity index (χ0) is 9.14. The van der Waals surface area contributed by atoms with E-state index in [4.69, 9.17) is 5.11 Å². The second-order valence-corrected chi connectivity index (χ2v) is 3.19. The van der Waals surface area contributed by atoms with E-state index in [1.54, 1.807) is 0 Å². The van der Waals surface area contributed by atoms with Crippen LogP contribution in [0.5, 0.6) is 5.88 Å². The first kappa shape index (κ1) is 9.40. The highest BCUT2D eigenvalue weighted by atomic mass is 79.9. The van der Waals surface area contributed by atoms with E-state index in [0.717, 1.165) is 0 Å². The molecular weight excluding hydrogens is 296 g/mol. The molecule has 0 fully saturated rings. The molecule has 64 valence electrons. The molecule has 12 heavy (non-hydrogen) atoms. The van der Waals surface area contributed by atoms with Crippen molar-refractivity contribution in [1.82, 2.24) is 9.97 Å². The minimum absolute atomic E-state index is 0.0312. The summed E-state index contributed by atoms with van der Waals surface area (Å²) in [6.45, 7) is 0. The van der Waals surface area contributed by atoms with Crippen LogP contribution in [0.3, 0.4) is 0 Å². The monoisotopic (exact) mass is 296 g/mol. The Kier molecular flexibility index (Phi) is 2.99. The molecule has 1 rings (SSSR count). The van der Waals surface area contributed by atoms with Gasteiger partial charge in [0.15, 0.2) is 0 Å². The molecule has 1 aromatic heterocycles. The zero-order valence-corrected chi connectivity index (χ0v) is 8.66. The summed E-state index contributed by atoms with van der Waals surface area (Å²) in [6.07, 6.45) is -1.41. The van der Waals surface area contributed by atoms with Crippen molar-refractivity contribution in [3.05, 3.63) is 15.4 Å². The number of carbonyl (C=O) groups is 1. The van der Waals surface area contributed by atoms with E-state index in [1.807, 2.05) is 0 Å². The Bertz CT molecular complexity index is 297. The van der Waals surface area contributed by atoms with Gasteiger partial charge in [0.25, 0.3) is 0 Å². The van der Waals surface area contributed by atoms with Gasteiger partial charge in [0.1, 0.15) is 4.60 Å². The molecule has 0 spiro atoms. The van der Waals surface area contributed by atoms with Gasteiger partial charge in [-0.2, -0.15) is 4.98 Å². The van der Waals surface area contributed by atoms with Crippen LogP contribution in [0.4, 0.5) is 4.79 Å². The number of halogens is 2. The third-order valence-corrected chi connectivity index (χ3v) is 1.60. The molecule has 0 atom stereocenters. The Morgan fingerprint density at radius 3 is 2.67 bits per heavy atom. The lowest BCUT2D eigenvalue weighted by Gasteiger charge is -1.98. The lowest BCUT2D eigenvalue weighted by molar-refractivity contribution is 0.142. The lowest BCUT2D eigenvalue weighted by atomic mass is 10.6. The predicted molar refractivity (Wildman–Crippen MR) is 46.1 cm³/mol. The average molecular weight is 298 g/mol. The van der Waals surface area contributed by atoms with Crippen LogP contribution in [0.2, 0.25) is 0 Å². The number of hydrogen-bond donors (Lipinski definition) is 1. The van der Waals surface area contributed by atoms with Crippen molar-refractivity contribution in [1.29, 1.82) is 0 Å². The van der Waals surface area contributed by atoms with Gasteiger partial charge >= 0.3 is 6.16 Å². The molecule has 0 unspecified atom stereocenters. The highest BCUT2D eigenvalue weighted by molar-refractivity contribution is 9.11. The summed E-state index contributed by atoms with van der Waals surface area (Å²) in [6, 6.07) is 1.35. The first-order chi connectivity index (χ1) is 5.58. The second-order valence-electron chi connectivity index (χ2n) is 1.67. The van der Waals surface area contributed by atoms with Crippen molar-refractivity contribution in [2.24, 2.45) is 0 Å². The van der Waals surface area contributed by atoms with Crippen molar-refractivity contribution in [3.63, 3.8) is 0 Å². The minimum Gasteiger partial charge on any atom is -0.449 e. The van der Waals surface area contributed by atoms with Crippen molar-refractivity contribution in [2.75, 3.05) is 0 Å². The second kappa shape index (κ2) is 3.81. The molecule has 1 N–H and O–H groups in total. The van der Waals surface area contributed by atoms with Gasteiger partial charge in [-0.15, -0.1) is 0 Å². The summed E-state index contributed by atoms with van der Waals surface area (Å²) in [5.74, 6) is -0.0312. The molecule has 7 heteroatoms. The summed E-state index contributed by atoms with van der Waals surface area (Å²) in [5.41, 5.74) is 0. The van der Waals surface area contributed by atoms with Gasteiger partial charge < -0.3 is 9.84 Å². The van der Waals surface area contributed by atoms with Gasteiger partial charge in [-0.3, -0.25) is 0 Å². The van der Waals surface area contributed by atoms with Gasteiger partial charge in [-0.25, -0.2) is 9.78 Å². The number of carboxylic acid groups (broad SMARTS) is 1. The summed E-state index contributed by atoms with van der Waals surface area (Å²) in [7, 11) is 0. The summed E-state index contributed by atoms with van der Waals surface area (Å²) in [4.78, 5) is 17.5. The molecule has 0 aliphatic heterocycles. The summed E-state index contributed by atoms with van der Waals surface area (Å²) >= 11 is 6.03. The molecule has 0 radical (unpaired) electrons. The Morgan fingerprint density at radius 1 is 1.50 bits per heavy atom. The largest absolute Gasteiger partial charge is 0.512 e. The van der Waals surface area contributed by atoms with E-state index < -0.39 is 6.16 Å². The summed E-state index contributed by atoms with van der Waals surface area (Å²) < 4.78 is 4.98. The van der Waals surface area contributed by atoms with Crippen LogP contribution in [-0.2, 0) is 0 Å². The van der Waals surface area contributed by atoms with Gasteiger partial charge in [0, 0.05) is 6.07 Å². The average Bonchev–Trinajstić information content (AvgIpc) is 1.81. The number of rotatable bonds is 1. The Hall–Kier alpha value is -0.690. The van der Waals surface area contributed by atoms with Gasteiger partial charge in [0.05, 0.1) is 0 Å². The van der Waals surface area contributed by atoms with Gasteiger partial charge in [0.2, 0.25) is 10.6 Å². The fourth-order valence-corrected chi connectivity index (χ4v) is 1.48. The lowest BCUT2D eigenvalue weighted by Crippen LogP contribution is -2.05. The maximum Gasteiger partial charge on any atom is 0.512 e. The molecule has 0 saturated heterocycles. The maximum atomic E-state index is 10.1. The predicted octanol–water partition coefficient (Wildman–Crippen LogP) is 2.06. The Labute approximate surface area is 84.0 Å². The SMILES string of the molecule is O=C(O)Oc1cc(Br)nc(Br)n1. The van der Waals surface area contributed by atoms with Crippen LogP contribution in [0.1, 0.15) is 0 Å². The molecule has 0 aliphatic carbocycles. The first-order valence-electron chi connectivity index (χ1n) is 2.69. The number of ether oxygens (including phenoxy) is 1. The van der Waals surface area contributed by atoms with E-state index in [2.05, 4.69) is 46.6 Å². The van der Waals surface area contributed by atoms with E-state index in [9.17, 15) is 4.79 Å². The molecule has 0 aromatic carbocycles. The standard InChI is InChI=1S/C5H2Br2N2O3/c6-2-1-3(12-5(10)11)9-4(7)8-2/h1H,(H,10,11). The highest BCUT2D eigenvalue weighted by Gasteiger charge is 2.05. The third-order valence-electron chi connectivity index (χ3n) is 0.836. The van der Waals surface area contributed by atoms with E-state index in [-0.39, 0.29) is 10.6 Å². The smallest absolute Gasteiger partial charge is 0.449 e. The third kappa shape index (κ3) is 2.74. The maximum absolute atomic E-state index is 10.1. The minimum atomic E-state index is -1.41. The van der Waals surface area contributed by atoms with Gasteiger partial charge in [-0.1, -0.05) is 0 Å². The topological polar surface area (TPSA) is 72.3 Å². The van der Waals surface area contributed by atoms with Gasteiger partial charge in [-0.05, 0) is 31.9 Å². The van der Waals surface area contributed by atoms with E-state index >= 15 is 0 Å². The number of nitrogens with zero attached hydrogens (tertiary/aromatic N) is 2. The molecule has 0 bridgehead atoms. The molecule has 1 heterocycles. The van der Waals surface area contributed by atoms with Crippen molar-refractivity contribution in [2.45, 2.75) is 0 Å². The molecule has 1 aromatic rings. The van der Waals surface area contributed by atoms with Crippen LogP contribution in [-0.4, -0.2) is 21.2 Å². The van der Waals surface area contributed by atoms with Crippen molar-refractivity contribution in [3.8, 4) is 5.88 Å². The number of hydrogen-bond acceptors (Lipinski definition) is 4. The molecule has 0 saturated carbocycles. The Balaban J connectivity index is 2.93. The zero-order valence-electron chi connectivity index (χ0n) is 5.49. The van der Waals surface area contributed by atoms with Crippen LogP contribution in [0.25, 0.3) is 0 Å². The molecular formula is C5H2Br2N2O3. The first-order valence-corrected chi connectivity index (χ1v) is 4.27. The van der Waals surface area contributed by atoms with E-state index in [1.165, 1.54) is 6.07 Å². The van der Waals surface area contributed by atoms with Crippen LogP contribution in [0.15, 0.2) is 15.4 Å². The molecule has 0 aliphatic rings. The fraction of sp³-hybridized carbons (Fsp3) is 0. The Morgan fingerprint density at radius 2 is 2.17 bits per heavy atom. The van der Waals surface area contributed by atoms with Crippen LogP contribution >= 0.6 is 31.9 Å². The van der Waals surface area contributed by atoms with Crippen molar-refractivity contribution < 1.29 is 14.6 Å². The van der Waals surface area contributed by atoms with Crippen LogP contribution < -0.4 is 4.74 Å². The normalized spacial score (nSPS) is 9.50. The number of aromatic nitrogens is 2. The van der Waals surface area contributed by atoms with Crippen LogP contribution in [0, 0.1) is 0 Å².